The van der Waals surface area contributed by atoms with E-state index in [-0.39, 0.29) is 17.2 Å². The maximum atomic E-state index is 13.8. The van der Waals surface area contributed by atoms with Crippen molar-refractivity contribution < 1.29 is 14.0 Å². The molecule has 1 aromatic carbocycles. The number of anilines is 1. The van der Waals surface area contributed by atoms with Crippen molar-refractivity contribution in [3.05, 3.63) is 46.5 Å². The van der Waals surface area contributed by atoms with E-state index in [1.54, 1.807) is 24.5 Å². The van der Waals surface area contributed by atoms with Gasteiger partial charge < -0.3 is 9.88 Å². The number of aryl methyl sites for hydroxylation is 1. The highest BCUT2D eigenvalue weighted by Crippen LogP contribution is 2.22. The highest BCUT2D eigenvalue weighted by molar-refractivity contribution is 7.99. The highest BCUT2D eigenvalue weighted by Gasteiger charge is 2.21. The van der Waals surface area contributed by atoms with Crippen LogP contribution in [-0.2, 0) is 11.3 Å². The first-order chi connectivity index (χ1) is 14.4. The molecule has 0 aliphatic rings. The molecule has 2 aromatic heterocycles. The summed E-state index contributed by atoms with van der Waals surface area (Å²) in [5, 5.41) is 23.2. The number of halogens is 1. The third-order valence-electron chi connectivity index (χ3n) is 4.02. The molecular formula is C18H20FN7O2S2. The summed E-state index contributed by atoms with van der Waals surface area (Å²) in [6.45, 7) is 6.00. The number of carbonyl (C=O) groups is 2. The molecule has 9 nitrogen and oxygen atoms in total. The number of carbonyl (C=O) groups excluding carboxylic acids is 2. The number of hydrogen-bond donors (Lipinski definition) is 2. The average molecular weight is 450 g/mol. The third-order valence-corrected chi connectivity index (χ3v) is 5.74. The molecule has 2 amide bonds. The summed E-state index contributed by atoms with van der Waals surface area (Å²) in [5.41, 5.74) is -0.0369. The number of thioether (sulfide) groups is 1. The van der Waals surface area contributed by atoms with Crippen LogP contribution in [0.4, 0.5) is 9.52 Å². The standard InChI is InChI=1S/C18H20FN7O2S2/c1-4-26-15(10(2)20-16(28)12-7-5-6-8-13(12)19)23-25-18(26)29-9-14(27)21-17-24-22-11(3)30-17/h5-8,10H,4,9H2,1-3H3,(H,20,28)(H,21,24,27)/t10-/m0/s1. The van der Waals surface area contributed by atoms with Crippen molar-refractivity contribution in [2.24, 2.45) is 0 Å². The van der Waals surface area contributed by atoms with Crippen LogP contribution in [0.15, 0.2) is 29.4 Å². The molecule has 0 saturated carbocycles. The van der Waals surface area contributed by atoms with Crippen LogP contribution < -0.4 is 10.6 Å². The Morgan fingerprint density at radius 1 is 1.23 bits per heavy atom. The monoisotopic (exact) mass is 449 g/mol. The average Bonchev–Trinajstić information content (AvgIpc) is 3.32. The van der Waals surface area contributed by atoms with Gasteiger partial charge in [0.2, 0.25) is 11.0 Å². The van der Waals surface area contributed by atoms with Crippen molar-refractivity contribution in [2.75, 3.05) is 11.1 Å². The van der Waals surface area contributed by atoms with E-state index in [1.165, 1.54) is 41.3 Å². The van der Waals surface area contributed by atoms with Gasteiger partial charge in [-0.2, -0.15) is 0 Å². The van der Waals surface area contributed by atoms with Crippen LogP contribution in [0.25, 0.3) is 0 Å². The molecule has 30 heavy (non-hydrogen) atoms. The van der Waals surface area contributed by atoms with Gasteiger partial charge in [-0.15, -0.1) is 20.4 Å². The maximum absolute atomic E-state index is 13.8. The first-order valence-electron chi connectivity index (χ1n) is 9.10. The van der Waals surface area contributed by atoms with Gasteiger partial charge in [0, 0.05) is 6.54 Å². The minimum absolute atomic E-state index is 0.0369. The van der Waals surface area contributed by atoms with Crippen molar-refractivity contribution in [3.8, 4) is 0 Å². The zero-order valence-corrected chi connectivity index (χ0v) is 18.2. The lowest BCUT2D eigenvalue weighted by Gasteiger charge is -2.15. The van der Waals surface area contributed by atoms with Crippen LogP contribution in [0.2, 0.25) is 0 Å². The SMILES string of the molecule is CCn1c(SCC(=O)Nc2nnc(C)s2)nnc1[C@H](C)NC(=O)c1ccccc1F. The molecule has 2 N–H and O–H groups in total. The van der Waals surface area contributed by atoms with Gasteiger partial charge in [0.05, 0.1) is 17.4 Å². The van der Waals surface area contributed by atoms with Crippen LogP contribution in [0.5, 0.6) is 0 Å². The molecule has 0 saturated heterocycles. The van der Waals surface area contributed by atoms with Gasteiger partial charge in [-0.25, -0.2) is 4.39 Å². The Balaban J connectivity index is 1.63. The second-order valence-electron chi connectivity index (χ2n) is 6.22. The number of hydrogen-bond acceptors (Lipinski definition) is 8. The maximum Gasteiger partial charge on any atom is 0.254 e. The van der Waals surface area contributed by atoms with E-state index < -0.39 is 17.8 Å². The Morgan fingerprint density at radius 2 is 2.00 bits per heavy atom. The number of rotatable bonds is 8. The van der Waals surface area contributed by atoms with E-state index in [9.17, 15) is 14.0 Å². The zero-order chi connectivity index (χ0) is 21.7. The summed E-state index contributed by atoms with van der Waals surface area (Å²) in [7, 11) is 0. The fraction of sp³-hybridized carbons (Fsp3) is 0.333. The van der Waals surface area contributed by atoms with Crippen molar-refractivity contribution >= 4 is 40.0 Å². The molecule has 158 valence electrons. The fourth-order valence-electron chi connectivity index (χ4n) is 2.64. The lowest BCUT2D eigenvalue weighted by molar-refractivity contribution is -0.113. The molecule has 0 bridgehead atoms. The lowest BCUT2D eigenvalue weighted by atomic mass is 10.2. The van der Waals surface area contributed by atoms with E-state index in [1.807, 2.05) is 6.92 Å². The van der Waals surface area contributed by atoms with Gasteiger partial charge in [0.15, 0.2) is 11.0 Å². The summed E-state index contributed by atoms with van der Waals surface area (Å²) in [4.78, 5) is 24.5. The second-order valence-corrected chi connectivity index (χ2v) is 8.35. The summed E-state index contributed by atoms with van der Waals surface area (Å²) < 4.78 is 15.6. The van der Waals surface area contributed by atoms with Gasteiger partial charge in [0.25, 0.3) is 5.91 Å². The fourth-order valence-corrected chi connectivity index (χ4v) is 4.06. The topological polar surface area (TPSA) is 115 Å². The van der Waals surface area contributed by atoms with Gasteiger partial charge in [-0.05, 0) is 32.9 Å². The van der Waals surface area contributed by atoms with Gasteiger partial charge >= 0.3 is 0 Å². The van der Waals surface area contributed by atoms with Crippen molar-refractivity contribution in [3.63, 3.8) is 0 Å². The van der Waals surface area contributed by atoms with Gasteiger partial charge in [-0.1, -0.05) is 35.2 Å². The van der Waals surface area contributed by atoms with Crippen LogP contribution >= 0.6 is 23.1 Å². The first-order valence-corrected chi connectivity index (χ1v) is 10.9. The van der Waals surface area contributed by atoms with E-state index in [4.69, 9.17) is 0 Å². The van der Waals surface area contributed by atoms with Crippen LogP contribution in [0.1, 0.15) is 41.1 Å². The van der Waals surface area contributed by atoms with E-state index >= 15 is 0 Å². The molecule has 0 unspecified atom stereocenters. The quantitative estimate of drug-likeness (QED) is 0.508. The van der Waals surface area contributed by atoms with Crippen molar-refractivity contribution in [1.29, 1.82) is 0 Å². The van der Waals surface area contributed by atoms with E-state index in [2.05, 4.69) is 31.0 Å². The number of nitrogens with zero attached hydrogens (tertiary/aromatic N) is 5. The molecule has 0 spiro atoms. The van der Waals surface area contributed by atoms with Gasteiger partial charge in [-0.3, -0.25) is 14.9 Å². The summed E-state index contributed by atoms with van der Waals surface area (Å²) in [6.07, 6.45) is 0. The Hall–Kier alpha value is -2.86. The Morgan fingerprint density at radius 3 is 2.67 bits per heavy atom. The normalized spacial score (nSPS) is 11.9. The molecule has 1 atom stereocenters. The smallest absolute Gasteiger partial charge is 0.254 e. The third kappa shape index (κ3) is 5.19. The Labute approximate surface area is 180 Å². The molecule has 3 rings (SSSR count). The molecule has 0 radical (unpaired) electrons. The summed E-state index contributed by atoms with van der Waals surface area (Å²) in [6, 6.07) is 5.27. The van der Waals surface area contributed by atoms with E-state index in [0.717, 1.165) is 5.01 Å². The number of amides is 2. The minimum Gasteiger partial charge on any atom is -0.342 e. The van der Waals surface area contributed by atoms with Crippen molar-refractivity contribution in [2.45, 2.75) is 38.5 Å². The van der Waals surface area contributed by atoms with Crippen LogP contribution in [-0.4, -0.2) is 42.5 Å². The predicted molar refractivity (Wildman–Crippen MR) is 112 cm³/mol. The molecule has 0 aliphatic carbocycles. The number of aromatic nitrogens is 5. The van der Waals surface area contributed by atoms with Crippen LogP contribution in [0.3, 0.4) is 0 Å². The van der Waals surface area contributed by atoms with Gasteiger partial charge in [0.1, 0.15) is 10.8 Å². The van der Waals surface area contributed by atoms with E-state index in [0.29, 0.717) is 22.7 Å². The molecule has 0 fully saturated rings. The Bertz CT molecular complexity index is 1050. The number of benzene rings is 1. The lowest BCUT2D eigenvalue weighted by Crippen LogP contribution is -2.29. The second kappa shape index (κ2) is 9.76. The molecule has 3 aromatic rings. The minimum atomic E-state index is -0.591. The largest absolute Gasteiger partial charge is 0.342 e. The van der Waals surface area contributed by atoms with Crippen molar-refractivity contribution in [1.82, 2.24) is 30.3 Å². The summed E-state index contributed by atoms with van der Waals surface area (Å²) in [5.74, 6) is -0.722. The number of nitrogens with one attached hydrogen (secondary N) is 2. The van der Waals surface area contributed by atoms with Crippen LogP contribution in [0, 0.1) is 12.7 Å². The summed E-state index contributed by atoms with van der Waals surface area (Å²) >= 11 is 2.52. The zero-order valence-electron chi connectivity index (χ0n) is 16.5. The Kier molecular flexibility index (Phi) is 7.11. The predicted octanol–water partition coefficient (Wildman–Crippen LogP) is 2.82. The molecular weight excluding hydrogens is 429 g/mol. The first kappa shape index (κ1) is 21.8. The highest BCUT2D eigenvalue weighted by atomic mass is 32.2. The molecule has 12 heteroatoms. The molecule has 0 aliphatic heterocycles. The molecule has 2 heterocycles.